The summed E-state index contributed by atoms with van der Waals surface area (Å²) in [6, 6.07) is -0.554. The van der Waals surface area contributed by atoms with Crippen molar-refractivity contribution in [2.75, 3.05) is 0 Å². The molecular formula is C10H20N2O2. The average molecular weight is 200 g/mol. The van der Waals surface area contributed by atoms with Gasteiger partial charge in [-0.1, -0.05) is 27.7 Å². The Morgan fingerprint density at radius 2 is 1.71 bits per heavy atom. The van der Waals surface area contributed by atoms with Gasteiger partial charge in [0.1, 0.15) is 6.04 Å². The monoisotopic (exact) mass is 200 g/mol. The Morgan fingerprint density at radius 3 is 2.00 bits per heavy atom. The van der Waals surface area contributed by atoms with E-state index >= 15 is 0 Å². The fraction of sp³-hybridized carbons (Fsp3) is 0.800. The summed E-state index contributed by atoms with van der Waals surface area (Å²) in [6.45, 7) is 7.61. The van der Waals surface area contributed by atoms with Gasteiger partial charge in [0.2, 0.25) is 11.8 Å². The molecule has 0 saturated carbocycles. The first-order valence-electron chi connectivity index (χ1n) is 4.93. The highest BCUT2D eigenvalue weighted by molar-refractivity contribution is 5.86. The molecular weight excluding hydrogens is 180 g/mol. The van der Waals surface area contributed by atoms with Gasteiger partial charge in [-0.05, 0) is 11.8 Å². The molecule has 0 unspecified atom stereocenters. The Hall–Kier alpha value is -1.06. The van der Waals surface area contributed by atoms with Gasteiger partial charge in [-0.25, -0.2) is 0 Å². The van der Waals surface area contributed by atoms with E-state index in [4.69, 9.17) is 5.73 Å². The average Bonchev–Trinajstić information content (AvgIpc) is 1.97. The van der Waals surface area contributed by atoms with E-state index < -0.39 is 11.9 Å². The molecule has 2 amide bonds. The molecule has 0 spiro atoms. The van der Waals surface area contributed by atoms with Crippen LogP contribution in [0.5, 0.6) is 0 Å². The van der Waals surface area contributed by atoms with E-state index in [0.717, 1.165) is 0 Å². The maximum Gasteiger partial charge on any atom is 0.240 e. The van der Waals surface area contributed by atoms with Crippen molar-refractivity contribution in [3.05, 3.63) is 0 Å². The molecule has 0 aliphatic heterocycles. The molecule has 82 valence electrons. The van der Waals surface area contributed by atoms with Crippen LogP contribution in [0, 0.1) is 11.8 Å². The molecule has 0 radical (unpaired) electrons. The normalized spacial score (nSPS) is 13.0. The topological polar surface area (TPSA) is 72.2 Å². The second kappa shape index (κ2) is 5.62. The Kier molecular flexibility index (Phi) is 5.20. The molecule has 0 aromatic heterocycles. The summed E-state index contributed by atoms with van der Waals surface area (Å²) in [5.41, 5.74) is 5.16. The lowest BCUT2D eigenvalue weighted by Gasteiger charge is -2.19. The smallest absolute Gasteiger partial charge is 0.240 e. The minimum absolute atomic E-state index is 0.0311. The Bertz CT molecular complexity index is 212. The summed E-state index contributed by atoms with van der Waals surface area (Å²) >= 11 is 0. The first-order valence-corrected chi connectivity index (χ1v) is 4.93. The van der Waals surface area contributed by atoms with Crippen LogP contribution in [0.2, 0.25) is 0 Å². The third-order valence-electron chi connectivity index (χ3n) is 1.88. The molecule has 4 nitrogen and oxygen atoms in total. The van der Waals surface area contributed by atoms with Gasteiger partial charge in [0, 0.05) is 6.42 Å². The number of carbonyl (C=O) groups is 2. The summed E-state index contributed by atoms with van der Waals surface area (Å²) in [6.07, 6.45) is 0.427. The lowest BCUT2D eigenvalue weighted by Crippen LogP contribution is -2.47. The highest BCUT2D eigenvalue weighted by atomic mass is 16.2. The predicted octanol–water partition coefficient (Wildman–Crippen LogP) is 0.659. The van der Waals surface area contributed by atoms with Gasteiger partial charge in [-0.3, -0.25) is 9.59 Å². The van der Waals surface area contributed by atoms with Gasteiger partial charge in [0.05, 0.1) is 0 Å². The van der Waals surface area contributed by atoms with Crippen molar-refractivity contribution in [1.29, 1.82) is 0 Å². The fourth-order valence-corrected chi connectivity index (χ4v) is 1.17. The maximum atomic E-state index is 11.4. The lowest BCUT2D eigenvalue weighted by molar-refractivity contribution is -0.128. The summed E-state index contributed by atoms with van der Waals surface area (Å²) in [4.78, 5) is 22.3. The first-order chi connectivity index (χ1) is 6.34. The number of nitrogens with two attached hydrogens (primary N) is 1. The zero-order valence-corrected chi connectivity index (χ0v) is 9.33. The maximum absolute atomic E-state index is 11.4. The van der Waals surface area contributed by atoms with Crippen molar-refractivity contribution < 1.29 is 9.59 Å². The van der Waals surface area contributed by atoms with Gasteiger partial charge in [0.25, 0.3) is 0 Å². The summed E-state index contributed by atoms with van der Waals surface area (Å²) in [5.74, 6) is -0.270. The van der Waals surface area contributed by atoms with E-state index in [1.165, 1.54) is 0 Å². The fourth-order valence-electron chi connectivity index (χ4n) is 1.17. The summed E-state index contributed by atoms with van der Waals surface area (Å²) < 4.78 is 0. The second-order valence-corrected chi connectivity index (χ2v) is 4.29. The molecule has 4 heteroatoms. The summed E-state index contributed by atoms with van der Waals surface area (Å²) in [7, 11) is 0. The van der Waals surface area contributed by atoms with Gasteiger partial charge in [0.15, 0.2) is 0 Å². The molecule has 1 atom stereocenters. The van der Waals surface area contributed by atoms with Crippen LogP contribution in [0.4, 0.5) is 0 Å². The largest absolute Gasteiger partial charge is 0.368 e. The van der Waals surface area contributed by atoms with Crippen LogP contribution >= 0.6 is 0 Å². The predicted molar refractivity (Wildman–Crippen MR) is 55.4 cm³/mol. The van der Waals surface area contributed by atoms with E-state index in [2.05, 4.69) is 5.32 Å². The molecule has 14 heavy (non-hydrogen) atoms. The number of carbonyl (C=O) groups excluding carboxylic acids is 2. The van der Waals surface area contributed by atoms with Crippen molar-refractivity contribution in [1.82, 2.24) is 5.32 Å². The van der Waals surface area contributed by atoms with Gasteiger partial charge in [-0.15, -0.1) is 0 Å². The van der Waals surface area contributed by atoms with Crippen LogP contribution in [-0.4, -0.2) is 17.9 Å². The van der Waals surface area contributed by atoms with Crippen LogP contribution in [0.25, 0.3) is 0 Å². The Balaban J connectivity index is 4.17. The zero-order chi connectivity index (χ0) is 11.3. The number of rotatable bonds is 5. The van der Waals surface area contributed by atoms with E-state index in [9.17, 15) is 9.59 Å². The van der Waals surface area contributed by atoms with E-state index in [1.807, 2.05) is 27.7 Å². The third kappa shape index (κ3) is 4.84. The number of hydrogen-bond donors (Lipinski definition) is 2. The number of amides is 2. The third-order valence-corrected chi connectivity index (χ3v) is 1.88. The zero-order valence-electron chi connectivity index (χ0n) is 9.33. The molecule has 0 rings (SSSR count). The molecule has 0 fully saturated rings. The molecule has 0 bridgehead atoms. The van der Waals surface area contributed by atoms with Crippen LogP contribution in [-0.2, 0) is 9.59 Å². The minimum atomic E-state index is -0.554. The number of primary amides is 1. The number of hydrogen-bond acceptors (Lipinski definition) is 2. The van der Waals surface area contributed by atoms with Crippen molar-refractivity contribution in [2.45, 2.75) is 40.2 Å². The van der Waals surface area contributed by atoms with Gasteiger partial charge >= 0.3 is 0 Å². The SMILES string of the molecule is CC(C)CC(=O)N[C@@H](C(N)=O)C(C)C. The quantitative estimate of drug-likeness (QED) is 0.684. The molecule has 0 aliphatic carbocycles. The molecule has 0 aromatic carbocycles. The van der Waals surface area contributed by atoms with Crippen molar-refractivity contribution >= 4 is 11.8 Å². The highest BCUT2D eigenvalue weighted by Crippen LogP contribution is 2.03. The van der Waals surface area contributed by atoms with E-state index in [1.54, 1.807) is 0 Å². The van der Waals surface area contributed by atoms with E-state index in [0.29, 0.717) is 6.42 Å². The Morgan fingerprint density at radius 1 is 1.21 bits per heavy atom. The Labute approximate surface area is 85.2 Å². The first kappa shape index (κ1) is 12.9. The minimum Gasteiger partial charge on any atom is -0.368 e. The van der Waals surface area contributed by atoms with Gasteiger partial charge < -0.3 is 11.1 Å². The molecule has 0 aromatic rings. The lowest BCUT2D eigenvalue weighted by atomic mass is 10.0. The van der Waals surface area contributed by atoms with Crippen molar-refractivity contribution in [3.8, 4) is 0 Å². The van der Waals surface area contributed by atoms with Crippen LogP contribution in [0.1, 0.15) is 34.1 Å². The molecule has 0 saturated heterocycles. The molecule has 3 N–H and O–H groups in total. The second-order valence-electron chi connectivity index (χ2n) is 4.29. The molecule has 0 heterocycles. The van der Waals surface area contributed by atoms with Crippen LogP contribution < -0.4 is 11.1 Å². The molecule has 0 aliphatic rings. The van der Waals surface area contributed by atoms with Crippen molar-refractivity contribution in [3.63, 3.8) is 0 Å². The van der Waals surface area contributed by atoms with Gasteiger partial charge in [-0.2, -0.15) is 0 Å². The highest BCUT2D eigenvalue weighted by Gasteiger charge is 2.21. The number of nitrogens with one attached hydrogen (secondary N) is 1. The van der Waals surface area contributed by atoms with Crippen LogP contribution in [0.15, 0.2) is 0 Å². The van der Waals surface area contributed by atoms with Crippen LogP contribution in [0.3, 0.4) is 0 Å². The van der Waals surface area contributed by atoms with Crippen molar-refractivity contribution in [2.24, 2.45) is 17.6 Å². The summed E-state index contributed by atoms with van der Waals surface area (Å²) in [5, 5.41) is 2.63. The standard InChI is InChI=1S/C10H20N2O2/c1-6(2)5-8(13)12-9(7(3)4)10(11)14/h6-7,9H,5H2,1-4H3,(H2,11,14)(H,12,13)/t9-/m1/s1. The van der Waals surface area contributed by atoms with E-state index in [-0.39, 0.29) is 17.7 Å².